The van der Waals surface area contributed by atoms with Crippen molar-refractivity contribution < 1.29 is 35.0 Å². The first-order valence-electron chi connectivity index (χ1n) is 4.06. The summed E-state index contributed by atoms with van der Waals surface area (Å²) in [5.74, 6) is 5.40. The Morgan fingerprint density at radius 1 is 0.889 bits per heavy atom. The van der Waals surface area contributed by atoms with E-state index in [1.807, 2.05) is 32.1 Å². The molecule has 0 heterocycles. The van der Waals surface area contributed by atoms with Crippen molar-refractivity contribution >= 4 is 0 Å². The van der Waals surface area contributed by atoms with Gasteiger partial charge in [-0.15, -0.1) is 5.92 Å². The zero-order valence-electron chi connectivity index (χ0n) is 9.88. The molecular formula is C14H12O3W+. The van der Waals surface area contributed by atoms with Crippen LogP contribution < -0.4 is 0 Å². The third kappa shape index (κ3) is 59.6. The minimum atomic E-state index is 0. The summed E-state index contributed by atoms with van der Waals surface area (Å²) in [6.07, 6.45) is 13.4. The quantitative estimate of drug-likeness (QED) is 0.333. The molecule has 1 aliphatic carbocycles. The Kier molecular flexibility index (Phi) is 94.2. The van der Waals surface area contributed by atoms with Crippen LogP contribution in [0.2, 0.25) is 0 Å². The molecule has 0 N–H and O–H groups in total. The van der Waals surface area contributed by atoms with Crippen molar-refractivity contribution in [2.75, 3.05) is 0 Å². The molecule has 4 heteroatoms. The Morgan fingerprint density at radius 3 is 1.28 bits per heavy atom. The van der Waals surface area contributed by atoms with Crippen molar-refractivity contribution in [3.63, 3.8) is 0 Å². The van der Waals surface area contributed by atoms with Gasteiger partial charge in [-0.05, 0) is 39.0 Å². The molecule has 0 aromatic carbocycles. The molecule has 5 radical (unpaired) electrons. The standard InChI is InChI=1S/C6H7.C5H5.3CO.W/c1-3-5-6-4-2;1-2-4-5-3-1;3*1-2;/h3,5H,1H2,2H3;1-5H;;;;/q-1;;;;;+2/b5-3+;;;;;. The van der Waals surface area contributed by atoms with E-state index < -0.39 is 0 Å². The average Bonchev–Trinajstić information content (AvgIpc) is 3.02. The SMILES string of the molecule is [C-]#[O+].[C-]#[O+].[C-]#[O+].[CH2-]/C=C/C#CC.[CH]1[CH][CH][CH][CH]1.[W+2]. The molecule has 0 saturated heterocycles. The van der Waals surface area contributed by atoms with Crippen LogP contribution in [0.15, 0.2) is 12.2 Å². The van der Waals surface area contributed by atoms with E-state index in [9.17, 15) is 0 Å². The van der Waals surface area contributed by atoms with Gasteiger partial charge in [-0.2, -0.15) is 12.0 Å². The van der Waals surface area contributed by atoms with Crippen LogP contribution in [0, 0.1) is 70.8 Å². The molecule has 0 spiro atoms. The number of hydrogen-bond acceptors (Lipinski definition) is 0. The Hall–Kier alpha value is -0.922. The van der Waals surface area contributed by atoms with Crippen LogP contribution >= 0.6 is 0 Å². The largest absolute Gasteiger partial charge is 2.00 e. The molecule has 1 saturated carbocycles. The van der Waals surface area contributed by atoms with E-state index >= 15 is 0 Å². The first-order valence-corrected chi connectivity index (χ1v) is 4.06. The van der Waals surface area contributed by atoms with Gasteiger partial charge in [0.15, 0.2) is 0 Å². The Labute approximate surface area is 125 Å². The molecule has 0 bridgehead atoms. The minimum Gasteiger partial charge on any atom is -0.244 e. The van der Waals surface area contributed by atoms with E-state index in [2.05, 4.69) is 38.7 Å². The number of rotatable bonds is 0. The van der Waals surface area contributed by atoms with E-state index in [1.54, 1.807) is 19.1 Å². The molecule has 0 aromatic heterocycles. The van der Waals surface area contributed by atoms with Gasteiger partial charge >= 0.3 is 55.0 Å². The van der Waals surface area contributed by atoms with E-state index in [0.29, 0.717) is 0 Å². The fourth-order valence-electron chi connectivity index (χ4n) is 0.463. The molecule has 3 nitrogen and oxygen atoms in total. The summed E-state index contributed by atoms with van der Waals surface area (Å²) in [5.41, 5.74) is 0. The first kappa shape index (κ1) is 30.3. The predicted octanol–water partition coefficient (Wildman–Crippen LogP) is 2.31. The third-order valence-electron chi connectivity index (χ3n) is 0.901. The minimum absolute atomic E-state index is 0. The summed E-state index contributed by atoms with van der Waals surface area (Å²) < 4.78 is 22.5. The zero-order valence-corrected chi connectivity index (χ0v) is 12.8. The molecule has 0 amide bonds. The second-order valence-corrected chi connectivity index (χ2v) is 1.76. The Bertz CT molecular complexity index is 228. The maximum atomic E-state index is 7.50. The van der Waals surface area contributed by atoms with Crippen LogP contribution in [-0.2, 0) is 35.0 Å². The van der Waals surface area contributed by atoms with Gasteiger partial charge in [0.1, 0.15) is 0 Å². The Balaban J connectivity index is -0.0000000428. The van der Waals surface area contributed by atoms with E-state index in [4.69, 9.17) is 14.0 Å². The topological polar surface area (TPSA) is 59.7 Å². The summed E-state index contributed by atoms with van der Waals surface area (Å²) >= 11 is 0. The third-order valence-corrected chi connectivity index (χ3v) is 0.901. The maximum Gasteiger partial charge on any atom is 2.00 e. The molecular weight excluding hydrogens is 400 g/mol. The van der Waals surface area contributed by atoms with Crippen molar-refractivity contribution in [2.24, 2.45) is 0 Å². The fraction of sp³-hybridized carbons (Fsp3) is 0.0714. The van der Waals surface area contributed by atoms with Crippen LogP contribution in [0.3, 0.4) is 0 Å². The van der Waals surface area contributed by atoms with Crippen molar-refractivity contribution in [1.29, 1.82) is 0 Å². The monoisotopic (exact) mass is 412 g/mol. The summed E-state index contributed by atoms with van der Waals surface area (Å²) in [5, 5.41) is 0. The van der Waals surface area contributed by atoms with Crippen molar-refractivity contribution in [3.05, 3.63) is 71.1 Å². The van der Waals surface area contributed by atoms with Crippen LogP contribution in [0.25, 0.3) is 0 Å². The van der Waals surface area contributed by atoms with Crippen molar-refractivity contribution in [3.8, 4) is 11.8 Å². The van der Waals surface area contributed by atoms with Crippen molar-refractivity contribution in [1.82, 2.24) is 0 Å². The van der Waals surface area contributed by atoms with Crippen molar-refractivity contribution in [2.45, 2.75) is 6.92 Å². The molecule has 0 unspecified atom stereocenters. The molecule has 0 atom stereocenters. The summed E-state index contributed by atoms with van der Waals surface area (Å²) in [6, 6.07) is 0. The van der Waals surface area contributed by atoms with Gasteiger partial charge in [0.05, 0.1) is 0 Å². The van der Waals surface area contributed by atoms with Gasteiger partial charge < -0.3 is 0 Å². The fourth-order valence-corrected chi connectivity index (χ4v) is 0.463. The van der Waals surface area contributed by atoms with Gasteiger partial charge in [0.2, 0.25) is 0 Å². The smallest absolute Gasteiger partial charge is 0.244 e. The number of hydrogen-bond donors (Lipinski definition) is 0. The number of allylic oxidation sites excluding steroid dienone is 2. The van der Waals surface area contributed by atoms with Gasteiger partial charge in [-0.1, -0.05) is 0 Å². The van der Waals surface area contributed by atoms with Crippen LogP contribution in [0.4, 0.5) is 0 Å². The zero-order chi connectivity index (χ0) is 14.4. The van der Waals surface area contributed by atoms with Gasteiger partial charge in [-0.25, -0.2) is 13.0 Å². The summed E-state index contributed by atoms with van der Waals surface area (Å²) in [7, 11) is 0. The summed E-state index contributed by atoms with van der Waals surface area (Å²) in [4.78, 5) is 0. The first-order chi connectivity index (χ1) is 8.41. The second-order valence-electron chi connectivity index (χ2n) is 1.76. The second kappa shape index (κ2) is 56.0. The molecule has 1 aliphatic rings. The molecule has 1 rings (SSSR count). The summed E-state index contributed by atoms with van der Waals surface area (Å²) in [6.45, 7) is 18.7. The van der Waals surface area contributed by atoms with E-state index in [0.717, 1.165) is 0 Å². The predicted molar refractivity (Wildman–Crippen MR) is 61.2 cm³/mol. The van der Waals surface area contributed by atoms with Gasteiger partial charge in [0.25, 0.3) is 0 Å². The molecule has 0 aliphatic heterocycles. The van der Waals surface area contributed by atoms with Crippen LogP contribution in [0.5, 0.6) is 0 Å². The Morgan fingerprint density at radius 2 is 1.17 bits per heavy atom. The van der Waals surface area contributed by atoms with Gasteiger partial charge in [0, 0.05) is 0 Å². The van der Waals surface area contributed by atoms with Crippen LogP contribution in [-0.4, -0.2) is 0 Å². The normalized spacial score (nSPS) is 9.50. The molecule has 91 valence electrons. The van der Waals surface area contributed by atoms with E-state index in [-0.39, 0.29) is 21.1 Å². The average molecular weight is 412 g/mol. The molecule has 18 heavy (non-hydrogen) atoms. The molecule has 1 fully saturated rings. The van der Waals surface area contributed by atoms with E-state index in [1.165, 1.54) is 0 Å². The maximum absolute atomic E-state index is 7.50. The van der Waals surface area contributed by atoms with Crippen LogP contribution in [0.1, 0.15) is 6.92 Å². The molecule has 0 aromatic rings. The van der Waals surface area contributed by atoms with Gasteiger partial charge in [-0.3, -0.25) is 0 Å².